The van der Waals surface area contributed by atoms with Gasteiger partial charge in [-0.3, -0.25) is 0 Å². The van der Waals surface area contributed by atoms with E-state index in [0.717, 1.165) is 24.6 Å². The van der Waals surface area contributed by atoms with Crippen molar-refractivity contribution in [2.45, 2.75) is 25.8 Å². The molecule has 1 aliphatic carbocycles. The zero-order chi connectivity index (χ0) is 11.2. The van der Waals surface area contributed by atoms with E-state index in [-0.39, 0.29) is 12.4 Å². The molecule has 1 heterocycles. The van der Waals surface area contributed by atoms with E-state index >= 15 is 0 Å². The number of nitrogens with one attached hydrogen (secondary N) is 1. The first-order valence-electron chi connectivity index (χ1n) is 5.81. The number of hydrogen-bond donors (Lipinski definition) is 1. The molecule has 0 bridgehead atoms. The Kier molecular flexibility index (Phi) is 6.56. The van der Waals surface area contributed by atoms with Crippen molar-refractivity contribution in [3.63, 3.8) is 0 Å². The molecule has 0 aromatic carbocycles. The number of aromatic nitrogens is 1. The fourth-order valence-corrected chi connectivity index (χ4v) is 2.19. The first-order chi connectivity index (χ1) is 7.86. The van der Waals surface area contributed by atoms with Crippen LogP contribution in [0.4, 0.5) is 0 Å². The van der Waals surface area contributed by atoms with Crippen LogP contribution in [0.25, 0.3) is 0 Å². The van der Waals surface area contributed by atoms with Crippen LogP contribution in [0.1, 0.15) is 24.8 Å². The lowest BCUT2D eigenvalue weighted by molar-refractivity contribution is 0.440. The molecule has 0 radical (unpaired) electrons. The number of rotatable bonds is 4. The Morgan fingerprint density at radius 1 is 1.41 bits per heavy atom. The summed E-state index contributed by atoms with van der Waals surface area (Å²) in [5.41, 5.74) is 1.08. The van der Waals surface area contributed by atoms with Gasteiger partial charge in [0.05, 0.1) is 0 Å². The first-order valence-corrected chi connectivity index (χ1v) is 6.19. The third-order valence-corrected chi connectivity index (χ3v) is 3.30. The highest BCUT2D eigenvalue weighted by Gasteiger charge is 2.09. The van der Waals surface area contributed by atoms with Gasteiger partial charge < -0.3 is 5.32 Å². The van der Waals surface area contributed by atoms with E-state index in [1.165, 1.54) is 19.3 Å². The lowest BCUT2D eigenvalue weighted by atomic mass is 9.94. The molecule has 0 saturated heterocycles. The van der Waals surface area contributed by atoms with Crippen molar-refractivity contribution in [3.8, 4) is 0 Å². The van der Waals surface area contributed by atoms with Crippen molar-refractivity contribution in [2.24, 2.45) is 5.92 Å². The molecule has 0 fully saturated rings. The highest BCUT2D eigenvalue weighted by Crippen LogP contribution is 2.17. The predicted octanol–water partition coefficient (Wildman–Crippen LogP) is 3.60. The molecule has 0 aliphatic heterocycles. The third kappa shape index (κ3) is 4.66. The number of allylic oxidation sites excluding steroid dienone is 2. The van der Waals surface area contributed by atoms with Crippen LogP contribution in [0.2, 0.25) is 5.15 Å². The second-order valence-electron chi connectivity index (χ2n) is 4.23. The summed E-state index contributed by atoms with van der Waals surface area (Å²) in [6, 6.07) is 3.94. The molecule has 0 saturated carbocycles. The van der Waals surface area contributed by atoms with Crippen LogP contribution in [-0.2, 0) is 6.54 Å². The van der Waals surface area contributed by atoms with Crippen LogP contribution in [-0.4, -0.2) is 11.5 Å². The maximum Gasteiger partial charge on any atom is 0.133 e. The Labute approximate surface area is 114 Å². The van der Waals surface area contributed by atoms with Crippen molar-refractivity contribution in [1.82, 2.24) is 10.3 Å². The Morgan fingerprint density at radius 2 is 2.29 bits per heavy atom. The fourth-order valence-electron chi connectivity index (χ4n) is 2.00. The Hall–Kier alpha value is -0.570. The third-order valence-electron chi connectivity index (χ3n) is 2.96. The van der Waals surface area contributed by atoms with E-state index in [2.05, 4.69) is 22.5 Å². The fraction of sp³-hybridized carbons (Fsp3) is 0.462. The van der Waals surface area contributed by atoms with Crippen molar-refractivity contribution >= 4 is 24.0 Å². The lowest BCUT2D eigenvalue weighted by Crippen LogP contribution is -2.23. The van der Waals surface area contributed by atoms with Gasteiger partial charge in [0.2, 0.25) is 0 Å². The molecule has 1 unspecified atom stereocenters. The summed E-state index contributed by atoms with van der Waals surface area (Å²) < 4.78 is 0. The largest absolute Gasteiger partial charge is 0.312 e. The summed E-state index contributed by atoms with van der Waals surface area (Å²) in [4.78, 5) is 4.06. The molecule has 4 heteroatoms. The van der Waals surface area contributed by atoms with Crippen molar-refractivity contribution in [2.75, 3.05) is 6.54 Å². The van der Waals surface area contributed by atoms with Gasteiger partial charge in [-0.15, -0.1) is 12.4 Å². The number of pyridine rings is 1. The van der Waals surface area contributed by atoms with Gasteiger partial charge in [-0.25, -0.2) is 4.98 Å². The average molecular weight is 273 g/mol. The SMILES string of the molecule is Cl.Clc1ncccc1CNCC1CC=CCC1. The standard InChI is InChI=1S/C13H17ClN2.ClH/c14-13-12(7-4-8-16-13)10-15-9-11-5-2-1-3-6-11;/h1-2,4,7-8,11,15H,3,5-6,9-10H2;1H. The van der Waals surface area contributed by atoms with E-state index in [1.807, 2.05) is 12.1 Å². The van der Waals surface area contributed by atoms with Crippen LogP contribution in [0.15, 0.2) is 30.5 Å². The summed E-state index contributed by atoms with van der Waals surface area (Å²) in [6.07, 6.45) is 10.00. The van der Waals surface area contributed by atoms with E-state index in [0.29, 0.717) is 5.15 Å². The zero-order valence-corrected chi connectivity index (χ0v) is 11.3. The summed E-state index contributed by atoms with van der Waals surface area (Å²) in [5.74, 6) is 0.778. The summed E-state index contributed by atoms with van der Waals surface area (Å²) in [7, 11) is 0. The molecule has 1 atom stereocenters. The normalized spacial score (nSPS) is 18.8. The van der Waals surface area contributed by atoms with Crippen LogP contribution >= 0.6 is 24.0 Å². The van der Waals surface area contributed by atoms with Gasteiger partial charge in [-0.05, 0) is 37.8 Å². The lowest BCUT2D eigenvalue weighted by Gasteiger charge is -2.18. The average Bonchev–Trinajstić information content (AvgIpc) is 2.33. The highest BCUT2D eigenvalue weighted by atomic mass is 35.5. The Balaban J connectivity index is 0.00000144. The Morgan fingerprint density at radius 3 is 3.00 bits per heavy atom. The number of nitrogens with zero attached hydrogens (tertiary/aromatic N) is 1. The van der Waals surface area contributed by atoms with Gasteiger partial charge in [-0.2, -0.15) is 0 Å². The molecule has 2 nitrogen and oxygen atoms in total. The molecular weight excluding hydrogens is 255 g/mol. The van der Waals surface area contributed by atoms with Gasteiger partial charge in [0.25, 0.3) is 0 Å². The summed E-state index contributed by atoms with van der Waals surface area (Å²) in [6.45, 7) is 1.88. The minimum absolute atomic E-state index is 0. The number of halogens is 2. The highest BCUT2D eigenvalue weighted by molar-refractivity contribution is 6.30. The zero-order valence-electron chi connectivity index (χ0n) is 9.73. The molecule has 17 heavy (non-hydrogen) atoms. The molecule has 1 aromatic rings. The molecule has 0 spiro atoms. The van der Waals surface area contributed by atoms with Gasteiger partial charge in [0.15, 0.2) is 0 Å². The minimum Gasteiger partial charge on any atom is -0.312 e. The van der Waals surface area contributed by atoms with Gasteiger partial charge in [0.1, 0.15) is 5.15 Å². The van der Waals surface area contributed by atoms with Gasteiger partial charge in [0, 0.05) is 18.3 Å². The van der Waals surface area contributed by atoms with Crippen molar-refractivity contribution in [1.29, 1.82) is 0 Å². The smallest absolute Gasteiger partial charge is 0.133 e. The molecular formula is C13H18Cl2N2. The van der Waals surface area contributed by atoms with E-state index in [4.69, 9.17) is 11.6 Å². The van der Waals surface area contributed by atoms with E-state index < -0.39 is 0 Å². The van der Waals surface area contributed by atoms with Gasteiger partial charge in [-0.1, -0.05) is 29.8 Å². The molecule has 0 amide bonds. The monoisotopic (exact) mass is 272 g/mol. The molecule has 94 valence electrons. The minimum atomic E-state index is 0. The maximum atomic E-state index is 5.98. The quantitative estimate of drug-likeness (QED) is 0.669. The van der Waals surface area contributed by atoms with Crippen LogP contribution in [0, 0.1) is 5.92 Å². The molecule has 1 aromatic heterocycles. The van der Waals surface area contributed by atoms with Crippen LogP contribution in [0.5, 0.6) is 0 Å². The van der Waals surface area contributed by atoms with Crippen LogP contribution < -0.4 is 5.32 Å². The predicted molar refractivity (Wildman–Crippen MR) is 74.7 cm³/mol. The first kappa shape index (κ1) is 14.5. The molecule has 2 rings (SSSR count). The summed E-state index contributed by atoms with van der Waals surface area (Å²) in [5, 5.41) is 4.06. The number of hydrogen-bond acceptors (Lipinski definition) is 2. The maximum absolute atomic E-state index is 5.98. The second-order valence-corrected chi connectivity index (χ2v) is 4.59. The van der Waals surface area contributed by atoms with Crippen LogP contribution in [0.3, 0.4) is 0 Å². The molecule has 1 N–H and O–H groups in total. The van der Waals surface area contributed by atoms with Gasteiger partial charge >= 0.3 is 0 Å². The second kappa shape index (κ2) is 7.70. The van der Waals surface area contributed by atoms with Crippen molar-refractivity contribution < 1.29 is 0 Å². The van der Waals surface area contributed by atoms with E-state index in [9.17, 15) is 0 Å². The Bertz CT molecular complexity index is 366. The molecule has 1 aliphatic rings. The summed E-state index contributed by atoms with van der Waals surface area (Å²) >= 11 is 5.98. The topological polar surface area (TPSA) is 24.9 Å². The van der Waals surface area contributed by atoms with E-state index in [1.54, 1.807) is 6.20 Å². The van der Waals surface area contributed by atoms with Crippen molar-refractivity contribution in [3.05, 3.63) is 41.2 Å².